The molecule has 1 unspecified atom stereocenters. The quantitative estimate of drug-likeness (QED) is 0.0622. The smallest absolute Gasteiger partial charge is 0.322 e. The predicted octanol–water partition coefficient (Wildman–Crippen LogP) is 6.09. The number of hydrogen-bond acceptors (Lipinski definition) is 8. The van der Waals surface area contributed by atoms with Gasteiger partial charge in [-0.25, -0.2) is 4.67 Å². The van der Waals surface area contributed by atoms with Crippen molar-refractivity contribution in [3.8, 4) is 0 Å². The van der Waals surface area contributed by atoms with Gasteiger partial charge in [0, 0.05) is 45.1 Å². The largest absolute Gasteiger partial charge is 0.425 e. The molecular weight excluding hydrogens is 467 g/mol. The average Bonchev–Trinajstić information content (AvgIpc) is 2.81. The van der Waals surface area contributed by atoms with E-state index in [0.717, 1.165) is 45.5 Å². The fraction of sp³-hybridized carbons (Fsp3) is 0.962. The Kier molecular flexibility index (Phi) is 22.6. The molecule has 1 atom stereocenters. The third kappa shape index (κ3) is 16.9. The molecule has 0 fully saturated rings. The maximum Gasteiger partial charge on any atom is 0.322 e. The second-order valence-corrected chi connectivity index (χ2v) is 10.8. The zero-order valence-electron chi connectivity index (χ0n) is 23.9. The van der Waals surface area contributed by atoms with Crippen LogP contribution in [0.1, 0.15) is 81.1 Å². The molecule has 0 aliphatic heterocycles. The van der Waals surface area contributed by atoms with E-state index in [9.17, 15) is 0 Å². The standard InChI is InChI=1S/C26H55N2O6P/c1-9-14-29-19-26(20-30-15-10-2,21-31-16-11-3)22-32-17-13-18-33-35(34-23-27-12-4)28(24(5)6)25(7)8/h23-25H,9-22H2,1-8H3/b27-23+. The Morgan fingerprint density at radius 2 is 1.17 bits per heavy atom. The molecule has 0 radical (unpaired) electrons. The summed E-state index contributed by atoms with van der Waals surface area (Å²) in [5.41, 5.74) is -0.307. The van der Waals surface area contributed by atoms with E-state index >= 15 is 0 Å². The summed E-state index contributed by atoms with van der Waals surface area (Å²) in [4.78, 5) is 4.19. The van der Waals surface area contributed by atoms with Crippen molar-refractivity contribution in [3.63, 3.8) is 0 Å². The molecule has 0 rings (SSSR count). The molecule has 0 spiro atoms. The van der Waals surface area contributed by atoms with Crippen molar-refractivity contribution in [2.24, 2.45) is 10.4 Å². The van der Waals surface area contributed by atoms with Crippen molar-refractivity contribution in [1.29, 1.82) is 0 Å². The molecule has 0 aliphatic rings. The molecule has 0 amide bonds. The van der Waals surface area contributed by atoms with Gasteiger partial charge in [0.05, 0.1) is 38.4 Å². The highest BCUT2D eigenvalue weighted by Crippen LogP contribution is 2.45. The summed E-state index contributed by atoms with van der Waals surface area (Å²) in [6, 6.07) is 0.615. The molecule has 35 heavy (non-hydrogen) atoms. The first kappa shape index (κ1) is 34.7. The van der Waals surface area contributed by atoms with Crippen molar-refractivity contribution >= 4 is 14.9 Å². The van der Waals surface area contributed by atoms with Gasteiger partial charge >= 0.3 is 8.53 Å². The SMILES string of the molecule is CCCOCC(COCCC)(COCCC)COCCCOP(O/C=N/CC)N(C(C)C)C(C)C. The summed E-state index contributed by atoms with van der Waals surface area (Å²) in [6.07, 6.45) is 5.25. The summed E-state index contributed by atoms with van der Waals surface area (Å²) in [6.45, 7) is 23.2. The normalized spacial score (nSPS) is 13.6. The molecule has 0 bridgehead atoms. The van der Waals surface area contributed by atoms with E-state index in [1.165, 1.54) is 6.40 Å². The van der Waals surface area contributed by atoms with E-state index < -0.39 is 8.53 Å². The van der Waals surface area contributed by atoms with Gasteiger partial charge in [0.2, 0.25) is 0 Å². The van der Waals surface area contributed by atoms with E-state index in [-0.39, 0.29) is 5.41 Å². The molecule has 0 saturated heterocycles. The lowest BCUT2D eigenvalue weighted by atomic mass is 9.92. The van der Waals surface area contributed by atoms with Gasteiger partial charge in [-0.1, -0.05) is 20.8 Å². The molecule has 0 aromatic rings. The molecule has 9 heteroatoms. The fourth-order valence-corrected chi connectivity index (χ4v) is 4.90. The Labute approximate surface area is 217 Å². The minimum atomic E-state index is -1.22. The Morgan fingerprint density at radius 3 is 1.57 bits per heavy atom. The molecule has 8 nitrogen and oxygen atoms in total. The highest BCUT2D eigenvalue weighted by Gasteiger charge is 2.32. The second-order valence-electron chi connectivity index (χ2n) is 9.41. The first-order valence-corrected chi connectivity index (χ1v) is 14.7. The Hall–Kier alpha value is -0.340. The number of hydrogen-bond donors (Lipinski definition) is 0. The Morgan fingerprint density at radius 1 is 0.714 bits per heavy atom. The van der Waals surface area contributed by atoms with E-state index in [1.807, 2.05) is 6.92 Å². The van der Waals surface area contributed by atoms with Crippen LogP contribution in [0.5, 0.6) is 0 Å². The van der Waals surface area contributed by atoms with Crippen LogP contribution in [0.25, 0.3) is 0 Å². The molecule has 0 N–H and O–H groups in total. The molecule has 0 heterocycles. The van der Waals surface area contributed by atoms with Gasteiger partial charge in [-0.2, -0.15) is 0 Å². The highest BCUT2D eigenvalue weighted by atomic mass is 31.2. The van der Waals surface area contributed by atoms with Crippen LogP contribution in [0.15, 0.2) is 4.99 Å². The number of aliphatic imine (C=N–C) groups is 1. The van der Waals surface area contributed by atoms with Crippen LogP contribution < -0.4 is 0 Å². The van der Waals surface area contributed by atoms with Gasteiger partial charge in [0.25, 0.3) is 0 Å². The molecule has 0 saturated carbocycles. The minimum absolute atomic E-state index is 0.307. The van der Waals surface area contributed by atoms with Crippen LogP contribution in [-0.2, 0) is 28.0 Å². The summed E-state index contributed by atoms with van der Waals surface area (Å²) >= 11 is 0. The van der Waals surface area contributed by atoms with E-state index in [4.69, 9.17) is 28.0 Å². The van der Waals surface area contributed by atoms with E-state index in [1.54, 1.807) is 0 Å². The van der Waals surface area contributed by atoms with Crippen LogP contribution in [0.3, 0.4) is 0 Å². The topological polar surface area (TPSA) is 71.0 Å². The van der Waals surface area contributed by atoms with Gasteiger partial charge in [0.1, 0.15) is 0 Å². The van der Waals surface area contributed by atoms with E-state index in [0.29, 0.717) is 58.3 Å². The van der Waals surface area contributed by atoms with Crippen LogP contribution in [0.4, 0.5) is 0 Å². The van der Waals surface area contributed by atoms with Gasteiger partial charge in [-0.15, -0.1) is 0 Å². The summed E-state index contributed by atoms with van der Waals surface area (Å²) < 4.78 is 38.3. The number of rotatable bonds is 25. The third-order valence-electron chi connectivity index (χ3n) is 4.95. The zero-order valence-corrected chi connectivity index (χ0v) is 24.8. The van der Waals surface area contributed by atoms with Crippen LogP contribution in [-0.4, -0.2) is 89.2 Å². The highest BCUT2D eigenvalue weighted by molar-refractivity contribution is 7.45. The monoisotopic (exact) mass is 522 g/mol. The Balaban J connectivity index is 4.87. The Bertz CT molecular complexity index is 462. The maximum atomic E-state index is 6.17. The van der Waals surface area contributed by atoms with Crippen molar-refractivity contribution in [1.82, 2.24) is 4.67 Å². The first-order chi connectivity index (χ1) is 16.9. The van der Waals surface area contributed by atoms with Gasteiger partial charge in [-0.05, 0) is 60.3 Å². The average molecular weight is 523 g/mol. The van der Waals surface area contributed by atoms with Crippen molar-refractivity contribution in [3.05, 3.63) is 0 Å². The van der Waals surface area contributed by atoms with Gasteiger partial charge in [0.15, 0.2) is 6.40 Å². The molecule has 0 aromatic heterocycles. The predicted molar refractivity (Wildman–Crippen MR) is 146 cm³/mol. The van der Waals surface area contributed by atoms with Crippen molar-refractivity contribution in [2.45, 2.75) is 93.2 Å². The summed E-state index contributed by atoms with van der Waals surface area (Å²) in [5.74, 6) is 0. The molecule has 210 valence electrons. The zero-order chi connectivity index (χ0) is 26.4. The van der Waals surface area contributed by atoms with Crippen molar-refractivity contribution in [2.75, 3.05) is 66.0 Å². The summed E-state index contributed by atoms with van der Waals surface area (Å²) in [5, 5.41) is 0. The second kappa shape index (κ2) is 22.8. The molecular formula is C26H55N2O6P. The molecule has 0 aliphatic carbocycles. The minimum Gasteiger partial charge on any atom is -0.425 e. The lowest BCUT2D eigenvalue weighted by Crippen LogP contribution is -2.42. The van der Waals surface area contributed by atoms with Crippen LogP contribution in [0.2, 0.25) is 0 Å². The summed E-state index contributed by atoms with van der Waals surface area (Å²) in [7, 11) is -1.22. The van der Waals surface area contributed by atoms with Crippen LogP contribution in [0, 0.1) is 5.41 Å². The van der Waals surface area contributed by atoms with Crippen LogP contribution >= 0.6 is 8.53 Å². The molecule has 0 aromatic carbocycles. The lowest BCUT2D eigenvalue weighted by Gasteiger charge is -2.34. The number of ether oxygens (including phenoxy) is 4. The van der Waals surface area contributed by atoms with Gasteiger partial charge in [-0.3, -0.25) is 4.99 Å². The van der Waals surface area contributed by atoms with E-state index in [2.05, 4.69) is 58.1 Å². The number of nitrogens with zero attached hydrogens (tertiary/aromatic N) is 2. The van der Waals surface area contributed by atoms with Crippen molar-refractivity contribution < 1.29 is 28.0 Å². The lowest BCUT2D eigenvalue weighted by molar-refractivity contribution is -0.107. The van der Waals surface area contributed by atoms with Gasteiger partial charge < -0.3 is 28.0 Å². The fourth-order valence-electron chi connectivity index (χ4n) is 3.41. The maximum absolute atomic E-state index is 6.17. The first-order valence-electron chi connectivity index (χ1n) is 13.5. The third-order valence-corrected chi connectivity index (χ3v) is 6.93.